The summed E-state index contributed by atoms with van der Waals surface area (Å²) in [7, 11) is 0. The second kappa shape index (κ2) is 7.95. The fraction of sp³-hybridized carbons (Fsp3) is 0.435. The summed E-state index contributed by atoms with van der Waals surface area (Å²) < 4.78 is 17.6. The molecule has 3 heterocycles. The predicted molar refractivity (Wildman–Crippen MR) is 109 cm³/mol. The lowest BCUT2D eigenvalue weighted by atomic mass is 9.96. The topological polar surface area (TPSA) is 60.0 Å². The number of carbonyl (C=O) groups is 1. The first-order valence-electron chi connectivity index (χ1n) is 10.4. The van der Waals surface area contributed by atoms with Crippen LogP contribution in [0.5, 0.6) is 17.2 Å². The molecule has 3 aliphatic rings. The quantitative estimate of drug-likeness (QED) is 0.845. The number of nitrogens with one attached hydrogen (secondary N) is 1. The largest absolute Gasteiger partial charge is 0.490 e. The van der Waals surface area contributed by atoms with Crippen molar-refractivity contribution in [1.29, 1.82) is 0 Å². The summed E-state index contributed by atoms with van der Waals surface area (Å²) in [6.45, 7) is 4.10. The first-order valence-corrected chi connectivity index (χ1v) is 10.4. The Morgan fingerprint density at radius 1 is 1.14 bits per heavy atom. The molecule has 1 unspecified atom stereocenters. The maximum Gasteiger partial charge on any atom is 0.251 e. The molecule has 0 aliphatic carbocycles. The van der Waals surface area contributed by atoms with Crippen LogP contribution in [0.1, 0.15) is 23.2 Å². The number of amides is 1. The van der Waals surface area contributed by atoms with E-state index in [9.17, 15) is 4.79 Å². The number of fused-ring (bicyclic) bond motifs is 3. The Labute approximate surface area is 170 Å². The lowest BCUT2D eigenvalue weighted by Gasteiger charge is -2.30. The number of carbonyl (C=O) groups excluding carboxylic acids is 1. The van der Waals surface area contributed by atoms with Crippen LogP contribution in [-0.2, 0) is 0 Å². The van der Waals surface area contributed by atoms with E-state index in [-0.39, 0.29) is 18.1 Å². The van der Waals surface area contributed by atoms with Crippen molar-refractivity contribution in [1.82, 2.24) is 10.2 Å². The van der Waals surface area contributed by atoms with Crippen molar-refractivity contribution in [2.45, 2.75) is 25.0 Å². The Balaban J connectivity index is 1.20. The normalized spacial score (nSPS) is 27.3. The van der Waals surface area contributed by atoms with Gasteiger partial charge in [-0.2, -0.15) is 0 Å². The standard InChI is InChI=1S/C23H26N2O4/c26-23(24-18-10-16-8-9-25(12-16)13-18)17-6-7-21-22(11-17)29-20(15-28-21)14-27-19-4-2-1-3-5-19/h1-7,11,16,18,20H,8-10,12-15H2,(H,24,26)/t16-,18+,20+/m0/s1. The summed E-state index contributed by atoms with van der Waals surface area (Å²) in [6, 6.07) is 15.3. The van der Waals surface area contributed by atoms with E-state index in [1.165, 1.54) is 13.0 Å². The van der Waals surface area contributed by atoms with Crippen molar-refractivity contribution in [3.05, 3.63) is 54.1 Å². The van der Waals surface area contributed by atoms with Gasteiger partial charge in [0, 0.05) is 24.7 Å². The van der Waals surface area contributed by atoms with E-state index in [4.69, 9.17) is 14.2 Å². The third-order valence-corrected chi connectivity index (χ3v) is 5.90. The summed E-state index contributed by atoms with van der Waals surface area (Å²) in [5.74, 6) is 2.73. The molecule has 5 rings (SSSR count). The van der Waals surface area contributed by atoms with Crippen LogP contribution < -0.4 is 19.5 Å². The fourth-order valence-corrected chi connectivity index (χ4v) is 4.48. The van der Waals surface area contributed by atoms with Crippen molar-refractivity contribution in [3.8, 4) is 17.2 Å². The maximum atomic E-state index is 12.8. The van der Waals surface area contributed by atoms with E-state index >= 15 is 0 Å². The number of nitrogens with zero attached hydrogens (tertiary/aromatic N) is 1. The molecule has 1 amide bonds. The monoisotopic (exact) mass is 394 g/mol. The van der Waals surface area contributed by atoms with Gasteiger partial charge in [-0.1, -0.05) is 18.2 Å². The van der Waals surface area contributed by atoms with Gasteiger partial charge in [0.1, 0.15) is 19.0 Å². The van der Waals surface area contributed by atoms with Crippen LogP contribution in [0.15, 0.2) is 48.5 Å². The van der Waals surface area contributed by atoms with Crippen LogP contribution in [0.3, 0.4) is 0 Å². The minimum Gasteiger partial charge on any atom is -0.490 e. The number of piperidine rings is 1. The molecule has 2 aromatic rings. The molecule has 2 saturated heterocycles. The molecule has 0 spiro atoms. The van der Waals surface area contributed by atoms with Crippen LogP contribution in [0.25, 0.3) is 0 Å². The molecule has 0 radical (unpaired) electrons. The molecule has 29 heavy (non-hydrogen) atoms. The second-order valence-electron chi connectivity index (χ2n) is 8.16. The molecule has 1 N–H and O–H groups in total. The van der Waals surface area contributed by atoms with Gasteiger partial charge in [-0.3, -0.25) is 4.79 Å². The zero-order chi connectivity index (χ0) is 19.6. The van der Waals surface area contributed by atoms with Crippen LogP contribution >= 0.6 is 0 Å². The average molecular weight is 394 g/mol. The molecular weight excluding hydrogens is 368 g/mol. The van der Waals surface area contributed by atoms with Gasteiger partial charge in [0.15, 0.2) is 17.6 Å². The summed E-state index contributed by atoms with van der Waals surface area (Å²) in [5.41, 5.74) is 0.602. The van der Waals surface area contributed by atoms with E-state index in [1.807, 2.05) is 36.4 Å². The smallest absolute Gasteiger partial charge is 0.251 e. The predicted octanol–water partition coefficient (Wildman–Crippen LogP) is 2.73. The van der Waals surface area contributed by atoms with Gasteiger partial charge in [-0.25, -0.2) is 0 Å². The molecular formula is C23H26N2O4. The summed E-state index contributed by atoms with van der Waals surface area (Å²) in [6.07, 6.45) is 2.11. The molecule has 2 bridgehead atoms. The van der Waals surface area contributed by atoms with E-state index in [0.29, 0.717) is 30.3 Å². The van der Waals surface area contributed by atoms with Gasteiger partial charge in [0.05, 0.1) is 0 Å². The number of para-hydroxylation sites is 1. The SMILES string of the molecule is O=C(N[C@@H]1C[C@@H]2CCN(C2)C1)c1ccc2c(c1)O[C@H](COc1ccccc1)CO2. The molecule has 6 nitrogen and oxygen atoms in total. The minimum atomic E-state index is -0.220. The van der Waals surface area contributed by atoms with Crippen LogP contribution in [0.4, 0.5) is 0 Å². The highest BCUT2D eigenvalue weighted by atomic mass is 16.6. The van der Waals surface area contributed by atoms with E-state index < -0.39 is 0 Å². The van der Waals surface area contributed by atoms with Crippen LogP contribution in [0.2, 0.25) is 0 Å². The molecule has 6 heteroatoms. The van der Waals surface area contributed by atoms with Crippen LogP contribution in [0, 0.1) is 5.92 Å². The molecule has 4 atom stereocenters. The first-order chi connectivity index (χ1) is 14.2. The summed E-state index contributed by atoms with van der Waals surface area (Å²) >= 11 is 0. The van der Waals surface area contributed by atoms with E-state index in [0.717, 1.165) is 31.2 Å². The van der Waals surface area contributed by atoms with Crippen molar-refractivity contribution in [3.63, 3.8) is 0 Å². The first kappa shape index (κ1) is 18.3. The van der Waals surface area contributed by atoms with Crippen molar-refractivity contribution in [2.75, 3.05) is 32.8 Å². The Hall–Kier alpha value is -2.73. The summed E-state index contributed by atoms with van der Waals surface area (Å²) in [4.78, 5) is 15.2. The molecule has 2 aromatic carbocycles. The number of ether oxygens (including phenoxy) is 3. The molecule has 0 saturated carbocycles. The highest BCUT2D eigenvalue weighted by molar-refractivity contribution is 5.95. The van der Waals surface area contributed by atoms with Gasteiger partial charge >= 0.3 is 0 Å². The zero-order valence-corrected chi connectivity index (χ0v) is 16.4. The Bertz CT molecular complexity index is 860. The van der Waals surface area contributed by atoms with Gasteiger partial charge in [-0.15, -0.1) is 0 Å². The third-order valence-electron chi connectivity index (χ3n) is 5.90. The van der Waals surface area contributed by atoms with Crippen molar-refractivity contribution < 1.29 is 19.0 Å². The third kappa shape index (κ3) is 4.17. The number of hydrogen-bond donors (Lipinski definition) is 1. The molecule has 0 aromatic heterocycles. The van der Waals surface area contributed by atoms with Crippen molar-refractivity contribution >= 4 is 5.91 Å². The van der Waals surface area contributed by atoms with Gasteiger partial charge in [0.2, 0.25) is 0 Å². The number of hydrogen-bond acceptors (Lipinski definition) is 5. The van der Waals surface area contributed by atoms with Gasteiger partial charge in [-0.05, 0) is 55.6 Å². The van der Waals surface area contributed by atoms with Crippen LogP contribution in [-0.4, -0.2) is 55.8 Å². The molecule has 3 aliphatic heterocycles. The summed E-state index contributed by atoms with van der Waals surface area (Å²) in [5, 5.41) is 3.20. The lowest BCUT2D eigenvalue weighted by Crippen LogP contribution is -2.47. The van der Waals surface area contributed by atoms with E-state index in [2.05, 4.69) is 10.2 Å². The minimum absolute atomic E-state index is 0.0495. The highest BCUT2D eigenvalue weighted by Crippen LogP contribution is 2.33. The molecule has 2 fully saturated rings. The zero-order valence-electron chi connectivity index (χ0n) is 16.4. The lowest BCUT2D eigenvalue weighted by molar-refractivity contribution is 0.0533. The van der Waals surface area contributed by atoms with Gasteiger partial charge < -0.3 is 24.4 Å². The van der Waals surface area contributed by atoms with Gasteiger partial charge in [0.25, 0.3) is 5.91 Å². The average Bonchev–Trinajstić information content (AvgIpc) is 3.10. The Morgan fingerprint density at radius 2 is 2.03 bits per heavy atom. The maximum absolute atomic E-state index is 12.8. The van der Waals surface area contributed by atoms with Crippen molar-refractivity contribution in [2.24, 2.45) is 5.92 Å². The Morgan fingerprint density at radius 3 is 2.90 bits per heavy atom. The molecule has 152 valence electrons. The Kier molecular flexibility index (Phi) is 5.02. The van der Waals surface area contributed by atoms with E-state index in [1.54, 1.807) is 12.1 Å². The number of benzene rings is 2. The highest BCUT2D eigenvalue weighted by Gasteiger charge is 2.33. The fourth-order valence-electron chi connectivity index (χ4n) is 4.48. The second-order valence-corrected chi connectivity index (χ2v) is 8.16. The number of rotatable bonds is 5.